The molecule has 5 rings (SSSR count). The van der Waals surface area contributed by atoms with Gasteiger partial charge in [0.2, 0.25) is 0 Å². The number of benzene rings is 2. The molecule has 0 aliphatic carbocycles. The number of H-pyrrole nitrogens is 1. The molecule has 2 aromatic carbocycles. The lowest BCUT2D eigenvalue weighted by Gasteiger charge is -2.09. The van der Waals surface area contributed by atoms with Crippen LogP contribution < -0.4 is 0 Å². The summed E-state index contributed by atoms with van der Waals surface area (Å²) in [6.07, 6.45) is 1.52. The number of carbonyl (C=O) groups excluding carboxylic acids is 1. The molecular formula is C25H16N4O4. The Bertz CT molecular complexity index is 1530. The molecule has 8 nitrogen and oxygen atoms in total. The molecule has 0 aliphatic heterocycles. The first-order valence-corrected chi connectivity index (χ1v) is 10.0. The van der Waals surface area contributed by atoms with E-state index >= 15 is 0 Å². The highest BCUT2D eigenvalue weighted by molar-refractivity contribution is 6.04. The summed E-state index contributed by atoms with van der Waals surface area (Å²) >= 11 is 0. The molecule has 8 heteroatoms. The van der Waals surface area contributed by atoms with Crippen LogP contribution in [0.4, 0.5) is 0 Å². The molecule has 0 unspecified atom stereocenters. The number of esters is 1. The number of furan rings is 1. The number of allylic oxidation sites excluding steroid dienone is 1. The van der Waals surface area contributed by atoms with E-state index in [-0.39, 0.29) is 17.0 Å². The third-order valence-electron chi connectivity index (χ3n) is 5.08. The number of nitriles is 1. The van der Waals surface area contributed by atoms with E-state index in [4.69, 9.17) is 9.15 Å². The Labute approximate surface area is 187 Å². The lowest BCUT2D eigenvalue weighted by Crippen LogP contribution is -2.10. The Hall–Kier alpha value is -4.90. The standard InChI is InChI=1S/C25H16N4O4/c26-13-17(24-28-19-8-3-4-9-20(19)29-24)22(30)14-33-25(31)16-12-21(23-10-5-11-32-23)27-18-7-2-1-6-15(16)18/h1-12,30H,14H2,(H,28,29). The van der Waals surface area contributed by atoms with Gasteiger partial charge in [-0.25, -0.2) is 14.8 Å². The van der Waals surface area contributed by atoms with Crippen molar-refractivity contribution in [3.63, 3.8) is 0 Å². The number of imidazole rings is 1. The number of fused-ring (bicyclic) bond motifs is 2. The molecule has 5 aromatic rings. The van der Waals surface area contributed by atoms with E-state index < -0.39 is 18.3 Å². The third-order valence-corrected chi connectivity index (χ3v) is 5.08. The van der Waals surface area contributed by atoms with Gasteiger partial charge in [-0.05, 0) is 36.4 Å². The smallest absolute Gasteiger partial charge is 0.339 e. The lowest BCUT2D eigenvalue weighted by atomic mass is 10.1. The van der Waals surface area contributed by atoms with Crippen molar-refractivity contribution < 1.29 is 19.1 Å². The van der Waals surface area contributed by atoms with Crippen LogP contribution in [0.25, 0.3) is 39.0 Å². The third kappa shape index (κ3) is 3.79. The van der Waals surface area contributed by atoms with Gasteiger partial charge in [-0.1, -0.05) is 30.3 Å². The fraction of sp³-hybridized carbons (Fsp3) is 0.0400. The van der Waals surface area contributed by atoms with Crippen LogP contribution in [0, 0.1) is 11.3 Å². The fourth-order valence-corrected chi connectivity index (χ4v) is 3.50. The quantitative estimate of drug-likeness (QED) is 0.225. The molecular weight excluding hydrogens is 420 g/mol. The highest BCUT2D eigenvalue weighted by atomic mass is 16.5. The summed E-state index contributed by atoms with van der Waals surface area (Å²) in [6.45, 7) is -0.495. The van der Waals surface area contributed by atoms with E-state index in [1.165, 1.54) is 6.26 Å². The molecule has 0 atom stereocenters. The molecule has 0 amide bonds. The van der Waals surface area contributed by atoms with Gasteiger partial charge in [-0.2, -0.15) is 5.26 Å². The van der Waals surface area contributed by atoms with Gasteiger partial charge >= 0.3 is 5.97 Å². The second-order valence-corrected chi connectivity index (χ2v) is 7.16. The maximum Gasteiger partial charge on any atom is 0.339 e. The normalized spacial score (nSPS) is 11.8. The molecule has 33 heavy (non-hydrogen) atoms. The molecule has 0 saturated carbocycles. The number of aromatic nitrogens is 3. The van der Waals surface area contributed by atoms with Crippen molar-refractivity contribution in [1.82, 2.24) is 15.0 Å². The molecule has 0 spiro atoms. The fourth-order valence-electron chi connectivity index (χ4n) is 3.50. The maximum absolute atomic E-state index is 13.0. The number of hydrogen-bond donors (Lipinski definition) is 2. The average molecular weight is 436 g/mol. The van der Waals surface area contributed by atoms with Crippen molar-refractivity contribution >= 4 is 33.5 Å². The van der Waals surface area contributed by atoms with Crippen LogP contribution in [0.3, 0.4) is 0 Å². The van der Waals surface area contributed by atoms with E-state index in [0.29, 0.717) is 27.9 Å². The van der Waals surface area contributed by atoms with E-state index in [2.05, 4.69) is 15.0 Å². The summed E-state index contributed by atoms with van der Waals surface area (Å²) in [5.74, 6) is -0.375. The van der Waals surface area contributed by atoms with Crippen molar-refractivity contribution in [2.45, 2.75) is 0 Å². The first kappa shape index (κ1) is 20.0. The SMILES string of the molecule is N#CC(=C(O)COC(=O)c1cc(-c2ccco2)nc2ccccc12)c1nc2ccccc2[nH]1. The van der Waals surface area contributed by atoms with Gasteiger partial charge in [-0.15, -0.1) is 0 Å². The minimum Gasteiger partial charge on any atom is -0.507 e. The van der Waals surface area contributed by atoms with Crippen molar-refractivity contribution in [3.05, 3.63) is 90.1 Å². The summed E-state index contributed by atoms with van der Waals surface area (Å²) in [4.78, 5) is 24.8. The van der Waals surface area contributed by atoms with E-state index in [9.17, 15) is 15.2 Å². The lowest BCUT2D eigenvalue weighted by molar-refractivity contribution is 0.0505. The summed E-state index contributed by atoms with van der Waals surface area (Å²) < 4.78 is 10.8. The predicted octanol–water partition coefficient (Wildman–Crippen LogP) is 5.02. The van der Waals surface area contributed by atoms with Crippen LogP contribution in [0.2, 0.25) is 0 Å². The Balaban J connectivity index is 1.45. The second kappa shape index (κ2) is 8.32. The first-order valence-electron chi connectivity index (χ1n) is 10.0. The molecule has 0 bridgehead atoms. The predicted molar refractivity (Wildman–Crippen MR) is 121 cm³/mol. The number of hydrogen-bond acceptors (Lipinski definition) is 7. The first-order chi connectivity index (χ1) is 16.1. The number of aliphatic hydroxyl groups excluding tert-OH is 1. The molecule has 2 N–H and O–H groups in total. The number of rotatable bonds is 5. The van der Waals surface area contributed by atoms with Crippen molar-refractivity contribution in [2.24, 2.45) is 0 Å². The van der Waals surface area contributed by atoms with Gasteiger partial charge in [0.05, 0.1) is 28.4 Å². The number of nitrogens with one attached hydrogen (secondary N) is 1. The van der Waals surface area contributed by atoms with Crippen molar-refractivity contribution in [1.29, 1.82) is 5.26 Å². The van der Waals surface area contributed by atoms with Gasteiger partial charge in [0.25, 0.3) is 0 Å². The Morgan fingerprint density at radius 2 is 1.85 bits per heavy atom. The summed E-state index contributed by atoms with van der Waals surface area (Å²) in [5.41, 5.74) is 2.61. The van der Waals surface area contributed by atoms with E-state index in [1.807, 2.05) is 30.3 Å². The topological polar surface area (TPSA) is 125 Å². The zero-order chi connectivity index (χ0) is 22.8. The van der Waals surface area contributed by atoms with Crippen molar-refractivity contribution in [3.8, 4) is 17.5 Å². The Kier molecular flexibility index (Phi) is 5.05. The number of pyridine rings is 1. The van der Waals surface area contributed by atoms with Crippen LogP contribution in [-0.4, -0.2) is 32.6 Å². The van der Waals surface area contributed by atoms with E-state index in [1.54, 1.807) is 42.5 Å². The highest BCUT2D eigenvalue weighted by Crippen LogP contribution is 2.26. The molecule has 0 aliphatic rings. The number of carbonyl (C=O) groups is 1. The van der Waals surface area contributed by atoms with Gasteiger partial charge < -0.3 is 19.2 Å². The van der Waals surface area contributed by atoms with Crippen molar-refractivity contribution in [2.75, 3.05) is 6.61 Å². The monoisotopic (exact) mass is 436 g/mol. The van der Waals surface area contributed by atoms with Crippen LogP contribution in [0.1, 0.15) is 16.2 Å². The van der Waals surface area contributed by atoms with Gasteiger partial charge in [0.1, 0.15) is 23.9 Å². The number of nitrogens with zero attached hydrogens (tertiary/aromatic N) is 3. The van der Waals surface area contributed by atoms with Crippen LogP contribution in [0.5, 0.6) is 0 Å². The average Bonchev–Trinajstić information content (AvgIpc) is 3.52. The van der Waals surface area contributed by atoms with Crippen LogP contribution in [0.15, 0.2) is 83.2 Å². The second-order valence-electron chi connectivity index (χ2n) is 7.16. The van der Waals surface area contributed by atoms with Crippen LogP contribution in [-0.2, 0) is 4.74 Å². The zero-order valence-electron chi connectivity index (χ0n) is 17.1. The molecule has 0 fully saturated rings. The minimum absolute atomic E-state index is 0.102. The number of aliphatic hydroxyl groups is 1. The summed E-state index contributed by atoms with van der Waals surface area (Å²) in [7, 11) is 0. The molecule has 160 valence electrons. The Morgan fingerprint density at radius 3 is 2.61 bits per heavy atom. The van der Waals surface area contributed by atoms with Gasteiger partial charge in [0.15, 0.2) is 17.3 Å². The van der Waals surface area contributed by atoms with Crippen LogP contribution >= 0.6 is 0 Å². The Morgan fingerprint density at radius 1 is 1.06 bits per heavy atom. The number of ether oxygens (including phenoxy) is 1. The minimum atomic E-state index is -0.671. The summed E-state index contributed by atoms with van der Waals surface area (Å²) in [5, 5.41) is 20.6. The molecule has 0 saturated heterocycles. The maximum atomic E-state index is 13.0. The molecule has 0 radical (unpaired) electrons. The van der Waals surface area contributed by atoms with E-state index in [0.717, 1.165) is 5.52 Å². The van der Waals surface area contributed by atoms with Gasteiger partial charge in [0, 0.05) is 5.39 Å². The zero-order valence-corrected chi connectivity index (χ0v) is 17.1. The summed E-state index contributed by atoms with van der Waals surface area (Å²) in [6, 6.07) is 21.4. The number of aromatic amines is 1. The molecule has 3 aromatic heterocycles. The molecule has 3 heterocycles. The largest absolute Gasteiger partial charge is 0.507 e. The number of para-hydroxylation sites is 3. The highest BCUT2D eigenvalue weighted by Gasteiger charge is 2.19. The van der Waals surface area contributed by atoms with Gasteiger partial charge in [-0.3, -0.25) is 0 Å².